The molecule has 2 aliphatic heterocycles. The Labute approximate surface area is 131 Å². The van der Waals surface area contributed by atoms with E-state index in [9.17, 15) is 0 Å². The number of hydrogen-bond acceptors (Lipinski definition) is 5. The van der Waals surface area contributed by atoms with Crippen molar-refractivity contribution in [2.24, 2.45) is 0 Å². The molecular weight excluding hydrogens is 257 g/mol. The fraction of sp³-hybridized carbons (Fsp3) is 0.643. The molecule has 5 nitrogen and oxygen atoms in total. The molecule has 0 bridgehead atoms. The number of hydrogen-bond donors (Lipinski definition) is 0. The highest BCUT2D eigenvalue weighted by Crippen LogP contribution is 2.36. The molecule has 2 fully saturated rings. The number of aromatic nitrogens is 1. The quantitative estimate of drug-likeness (QED) is 0.780. The van der Waals surface area contributed by atoms with Gasteiger partial charge in [0.2, 0.25) is 5.88 Å². The summed E-state index contributed by atoms with van der Waals surface area (Å²) in [5.74, 6) is -0.684. The van der Waals surface area contributed by atoms with Crippen LogP contribution in [0.15, 0.2) is 18.3 Å². The summed E-state index contributed by atoms with van der Waals surface area (Å²) in [6, 6.07) is -0.990. The normalized spacial score (nSPS) is 36.9. The van der Waals surface area contributed by atoms with Gasteiger partial charge in [0.15, 0.2) is 0 Å². The van der Waals surface area contributed by atoms with Crippen molar-refractivity contribution < 1.29 is 29.7 Å². The molecule has 3 rings (SSSR count). The third-order valence-electron chi connectivity index (χ3n) is 3.56. The fourth-order valence-electron chi connectivity index (χ4n) is 1.67. The number of rotatable bonds is 3. The van der Waals surface area contributed by atoms with E-state index < -0.39 is 61.7 Å². The molecule has 108 valence electrons. The van der Waals surface area contributed by atoms with Gasteiger partial charge in [-0.05, 0) is 39.2 Å². The molecule has 0 atom stereocenters. The number of nitrogens with zero attached hydrogens (tertiary/aromatic N) is 1. The second kappa shape index (κ2) is 4.72. The molecule has 0 aliphatic carbocycles. The van der Waals surface area contributed by atoms with Gasteiger partial charge in [-0.15, -0.1) is 0 Å². The van der Waals surface area contributed by atoms with Crippen LogP contribution < -0.4 is 10.2 Å². The van der Waals surface area contributed by atoms with E-state index in [1.807, 2.05) is 0 Å². The van der Waals surface area contributed by atoms with Crippen LogP contribution in [-0.4, -0.2) is 42.5 Å². The summed E-state index contributed by atoms with van der Waals surface area (Å²) in [6.45, 7) is 1.47. The van der Waals surface area contributed by atoms with Gasteiger partial charge in [0.25, 0.3) is 0 Å². The number of ether oxygens (including phenoxy) is 2. The summed E-state index contributed by atoms with van der Waals surface area (Å²) in [7, 11) is -1.19. The molecule has 0 amide bonds. The lowest BCUT2D eigenvalue weighted by Crippen LogP contribution is -2.41. The zero-order chi connectivity index (χ0) is 21.5. The van der Waals surface area contributed by atoms with Crippen LogP contribution in [0.25, 0.3) is 0 Å². The monoisotopic (exact) mass is 285 g/mol. The van der Waals surface area contributed by atoms with Crippen molar-refractivity contribution >= 4 is 12.6 Å². The molecule has 0 N–H and O–H groups in total. The third-order valence-corrected chi connectivity index (χ3v) is 3.56. The predicted molar refractivity (Wildman–Crippen MR) is 75.2 cm³/mol. The molecule has 2 aliphatic rings. The zero-order valence-electron chi connectivity index (χ0n) is 19.7. The van der Waals surface area contributed by atoms with Crippen molar-refractivity contribution in [1.82, 2.24) is 4.98 Å². The highest BCUT2D eigenvalue weighted by atomic mass is 16.7. The van der Waals surface area contributed by atoms with Crippen LogP contribution in [0.3, 0.4) is 0 Å². The van der Waals surface area contributed by atoms with Crippen LogP contribution in [0.4, 0.5) is 0 Å². The summed E-state index contributed by atoms with van der Waals surface area (Å²) in [6.07, 6.45) is -3.47. The smallest absolute Gasteiger partial charge is 0.469 e. The Kier molecular flexibility index (Phi) is 1.71. The van der Waals surface area contributed by atoms with E-state index in [0.717, 1.165) is 0 Å². The van der Waals surface area contributed by atoms with Crippen molar-refractivity contribution in [3.8, 4) is 5.88 Å². The van der Waals surface area contributed by atoms with Gasteiger partial charge in [-0.2, -0.15) is 0 Å². The molecule has 0 unspecified atom stereocenters. The van der Waals surface area contributed by atoms with Crippen LogP contribution in [0.1, 0.15) is 38.7 Å². The first-order valence-corrected chi connectivity index (χ1v) is 6.18. The predicted octanol–water partition coefficient (Wildman–Crippen LogP) is 1.16. The molecule has 6 heteroatoms. The highest BCUT2D eigenvalue weighted by Gasteiger charge is 2.51. The van der Waals surface area contributed by atoms with Crippen LogP contribution >= 0.6 is 0 Å². The maximum atomic E-state index is 8.33. The van der Waals surface area contributed by atoms with Gasteiger partial charge in [0.1, 0.15) is 6.08 Å². The van der Waals surface area contributed by atoms with Gasteiger partial charge in [0.05, 0.1) is 35.3 Å². The Morgan fingerprint density at radius 3 is 2.65 bits per heavy atom. The summed E-state index contributed by atoms with van der Waals surface area (Å²) < 4.78 is 83.9. The van der Waals surface area contributed by atoms with E-state index in [1.54, 1.807) is 27.7 Å². The summed E-state index contributed by atoms with van der Waals surface area (Å²) >= 11 is 0. The lowest BCUT2D eigenvalue weighted by molar-refractivity contribution is -0.0813. The Balaban J connectivity index is 2.05. The SMILES string of the molecule is [2H]c1nc(OC2([2H])C([2H])([2H])OC2([2H])[2H])c([2H])c(B2OC(C)(C)C(C)(C)O2)c1[2H]. The molecule has 0 aromatic carbocycles. The maximum Gasteiger partial charge on any atom is 0.495 e. The van der Waals surface area contributed by atoms with Gasteiger partial charge < -0.3 is 18.8 Å². The van der Waals surface area contributed by atoms with E-state index in [0.29, 0.717) is 0 Å². The molecule has 1 aromatic heterocycles. The zero-order valence-corrected chi connectivity index (χ0v) is 11.7. The fourth-order valence-corrected chi connectivity index (χ4v) is 1.67. The Hall–Kier alpha value is -1.11. The molecule has 0 spiro atoms. The van der Waals surface area contributed by atoms with Gasteiger partial charge in [-0.3, -0.25) is 0 Å². The summed E-state index contributed by atoms with van der Waals surface area (Å²) in [5.41, 5.74) is -1.73. The molecule has 20 heavy (non-hydrogen) atoms. The van der Waals surface area contributed by atoms with E-state index in [4.69, 9.17) is 25.0 Å². The second-order valence-electron chi connectivity index (χ2n) is 5.52. The first-order chi connectivity index (χ1) is 12.5. The lowest BCUT2D eigenvalue weighted by atomic mass is 9.80. The average molecular weight is 285 g/mol. The number of pyridine rings is 1. The van der Waals surface area contributed by atoms with Gasteiger partial charge in [-0.1, -0.05) is 0 Å². The summed E-state index contributed by atoms with van der Waals surface area (Å²) in [4.78, 5) is 3.62. The van der Waals surface area contributed by atoms with Crippen LogP contribution in [0.5, 0.6) is 5.88 Å². The standard InChI is InChI=1S/C14H20BNO4/c1-13(2)14(3,4)20-15(19-13)10-5-6-16-12(7-10)18-11-8-17-9-11/h5-7,11H,8-9H2,1-4H3/i5D,6D,7D,8D2,9D2,11D. The van der Waals surface area contributed by atoms with Crippen LogP contribution in [0.2, 0.25) is 0 Å². The van der Waals surface area contributed by atoms with E-state index >= 15 is 0 Å². The minimum absolute atomic E-state index is 0.168. The van der Waals surface area contributed by atoms with Crippen LogP contribution in [-0.2, 0) is 14.0 Å². The minimum atomic E-state index is -2.86. The molecule has 2 saturated heterocycles. The molecule has 0 saturated carbocycles. The molecule has 0 radical (unpaired) electrons. The molecular formula is C14H20BNO4. The first kappa shape index (κ1) is 7.25. The maximum absolute atomic E-state index is 8.33. The van der Waals surface area contributed by atoms with Crippen molar-refractivity contribution in [3.63, 3.8) is 0 Å². The van der Waals surface area contributed by atoms with Crippen molar-refractivity contribution in [2.75, 3.05) is 13.1 Å². The Morgan fingerprint density at radius 1 is 1.40 bits per heavy atom. The van der Waals surface area contributed by atoms with Crippen LogP contribution in [0, 0.1) is 0 Å². The van der Waals surface area contributed by atoms with Crippen molar-refractivity contribution in [2.45, 2.75) is 45.0 Å². The van der Waals surface area contributed by atoms with Gasteiger partial charge in [-0.25, -0.2) is 4.98 Å². The first-order valence-electron chi connectivity index (χ1n) is 10.2. The average Bonchev–Trinajstić information content (AvgIpc) is 2.71. The van der Waals surface area contributed by atoms with Crippen molar-refractivity contribution in [3.05, 3.63) is 18.3 Å². The van der Waals surface area contributed by atoms with E-state index in [1.165, 1.54) is 0 Å². The third kappa shape index (κ3) is 2.43. The van der Waals surface area contributed by atoms with E-state index in [-0.39, 0.29) is 5.46 Å². The molecule has 1 aromatic rings. The van der Waals surface area contributed by atoms with E-state index in [2.05, 4.69) is 9.72 Å². The Morgan fingerprint density at radius 2 is 2.05 bits per heavy atom. The van der Waals surface area contributed by atoms with Gasteiger partial charge in [0, 0.05) is 12.2 Å². The van der Waals surface area contributed by atoms with Gasteiger partial charge >= 0.3 is 7.12 Å². The summed E-state index contributed by atoms with van der Waals surface area (Å²) in [5, 5.41) is 0. The topological polar surface area (TPSA) is 49.8 Å². The second-order valence-corrected chi connectivity index (χ2v) is 5.52. The molecule has 3 heterocycles. The largest absolute Gasteiger partial charge is 0.495 e. The highest BCUT2D eigenvalue weighted by molar-refractivity contribution is 6.62. The Bertz CT molecular complexity index is 804. The minimum Gasteiger partial charge on any atom is -0.469 e. The van der Waals surface area contributed by atoms with Crippen molar-refractivity contribution in [1.29, 1.82) is 0 Å². The lowest BCUT2D eigenvalue weighted by Gasteiger charge is -2.32.